The van der Waals surface area contributed by atoms with Crippen molar-refractivity contribution in [3.63, 3.8) is 0 Å². The molecule has 0 aromatic carbocycles. The molecule has 2 nitrogen and oxygen atoms in total. The van der Waals surface area contributed by atoms with Crippen molar-refractivity contribution in [3.05, 3.63) is 0 Å². The van der Waals surface area contributed by atoms with E-state index < -0.39 is 0 Å². The first-order valence-electron chi connectivity index (χ1n) is 7.87. The van der Waals surface area contributed by atoms with Crippen LogP contribution in [0.2, 0.25) is 0 Å². The Hall–Kier alpha value is -0.0800. The Morgan fingerprint density at radius 1 is 1.22 bits per heavy atom. The maximum absolute atomic E-state index is 5.22. The van der Waals surface area contributed by atoms with Gasteiger partial charge in [-0.05, 0) is 50.0 Å². The Balaban J connectivity index is 2.64. The Morgan fingerprint density at radius 3 is 2.39 bits per heavy atom. The van der Waals surface area contributed by atoms with Crippen LogP contribution in [0.5, 0.6) is 0 Å². The van der Waals surface area contributed by atoms with Crippen LogP contribution in [0.3, 0.4) is 0 Å². The van der Waals surface area contributed by atoms with E-state index in [1.807, 2.05) is 7.11 Å². The fourth-order valence-corrected chi connectivity index (χ4v) is 3.89. The monoisotopic (exact) mass is 255 g/mol. The predicted molar refractivity (Wildman–Crippen MR) is 78.9 cm³/mol. The van der Waals surface area contributed by atoms with Gasteiger partial charge in [-0.2, -0.15) is 0 Å². The molecule has 0 radical (unpaired) electrons. The number of hydrogen-bond donors (Lipinski definition) is 1. The molecule has 0 aromatic rings. The van der Waals surface area contributed by atoms with Crippen LogP contribution in [-0.2, 0) is 4.74 Å². The second-order valence-corrected chi connectivity index (χ2v) is 6.41. The lowest BCUT2D eigenvalue weighted by Gasteiger charge is -2.40. The van der Waals surface area contributed by atoms with Crippen LogP contribution in [0.4, 0.5) is 0 Å². The minimum atomic E-state index is 0.567. The standard InChI is InChI=1S/C16H33NO/c1-5-17-15(9-8-12-18-4)16(13-14(2)3)10-6-7-11-16/h14-15,17H,5-13H2,1-4H3. The molecule has 0 heterocycles. The highest BCUT2D eigenvalue weighted by molar-refractivity contribution is 4.95. The minimum Gasteiger partial charge on any atom is -0.385 e. The van der Waals surface area contributed by atoms with Gasteiger partial charge in [0, 0.05) is 19.8 Å². The van der Waals surface area contributed by atoms with Gasteiger partial charge in [0.25, 0.3) is 0 Å². The van der Waals surface area contributed by atoms with Crippen LogP contribution in [-0.4, -0.2) is 26.3 Å². The van der Waals surface area contributed by atoms with Gasteiger partial charge >= 0.3 is 0 Å². The second-order valence-electron chi connectivity index (χ2n) is 6.41. The maximum atomic E-state index is 5.22. The summed E-state index contributed by atoms with van der Waals surface area (Å²) in [6, 6.07) is 0.697. The molecule has 1 aliphatic rings. The highest BCUT2D eigenvalue weighted by Crippen LogP contribution is 2.47. The second kappa shape index (κ2) is 8.16. The third kappa shape index (κ3) is 4.55. The zero-order valence-corrected chi connectivity index (χ0v) is 12.9. The number of methoxy groups -OCH3 is 1. The van der Waals surface area contributed by atoms with Crippen LogP contribution in [0.15, 0.2) is 0 Å². The van der Waals surface area contributed by atoms with Gasteiger partial charge in [-0.1, -0.05) is 33.6 Å². The van der Waals surface area contributed by atoms with Crippen LogP contribution < -0.4 is 5.32 Å². The highest BCUT2D eigenvalue weighted by atomic mass is 16.5. The largest absolute Gasteiger partial charge is 0.385 e. The van der Waals surface area contributed by atoms with Crippen LogP contribution in [0.1, 0.15) is 65.7 Å². The number of rotatable bonds is 9. The third-order valence-corrected chi connectivity index (χ3v) is 4.45. The summed E-state index contributed by atoms with van der Waals surface area (Å²) < 4.78 is 5.22. The first-order chi connectivity index (χ1) is 8.64. The summed E-state index contributed by atoms with van der Waals surface area (Å²) in [5.41, 5.74) is 0.567. The van der Waals surface area contributed by atoms with Crippen molar-refractivity contribution >= 4 is 0 Å². The zero-order chi connectivity index (χ0) is 13.4. The first kappa shape index (κ1) is 16.0. The molecule has 1 unspecified atom stereocenters. The number of hydrogen-bond acceptors (Lipinski definition) is 2. The molecule has 1 aliphatic carbocycles. The van der Waals surface area contributed by atoms with E-state index in [9.17, 15) is 0 Å². The van der Waals surface area contributed by atoms with Gasteiger partial charge < -0.3 is 10.1 Å². The lowest BCUT2D eigenvalue weighted by molar-refractivity contribution is 0.131. The van der Waals surface area contributed by atoms with Gasteiger partial charge in [-0.3, -0.25) is 0 Å². The molecular weight excluding hydrogens is 222 g/mol. The number of ether oxygens (including phenoxy) is 1. The van der Waals surface area contributed by atoms with Crippen molar-refractivity contribution in [3.8, 4) is 0 Å². The quantitative estimate of drug-likeness (QED) is 0.629. The molecule has 18 heavy (non-hydrogen) atoms. The van der Waals surface area contributed by atoms with Crippen LogP contribution in [0, 0.1) is 11.3 Å². The van der Waals surface area contributed by atoms with Gasteiger partial charge in [0.1, 0.15) is 0 Å². The Bertz CT molecular complexity index is 209. The van der Waals surface area contributed by atoms with E-state index >= 15 is 0 Å². The number of nitrogens with one attached hydrogen (secondary N) is 1. The summed E-state index contributed by atoms with van der Waals surface area (Å²) in [5, 5.41) is 3.77. The summed E-state index contributed by atoms with van der Waals surface area (Å²) >= 11 is 0. The average molecular weight is 255 g/mol. The van der Waals surface area contributed by atoms with Gasteiger partial charge in [0.15, 0.2) is 0 Å². The Labute approximate surface area is 114 Å². The molecule has 0 aromatic heterocycles. The molecule has 0 saturated heterocycles. The molecule has 0 spiro atoms. The van der Waals surface area contributed by atoms with Crippen molar-refractivity contribution in [2.24, 2.45) is 11.3 Å². The maximum Gasteiger partial charge on any atom is 0.0462 e. The molecule has 0 aliphatic heterocycles. The van der Waals surface area contributed by atoms with E-state index in [1.165, 1.54) is 44.9 Å². The topological polar surface area (TPSA) is 21.3 Å². The molecule has 1 N–H and O–H groups in total. The van der Waals surface area contributed by atoms with Crippen LogP contribution in [0.25, 0.3) is 0 Å². The Morgan fingerprint density at radius 2 is 1.89 bits per heavy atom. The van der Waals surface area contributed by atoms with E-state index in [4.69, 9.17) is 4.74 Å². The molecule has 1 rings (SSSR count). The van der Waals surface area contributed by atoms with Crippen molar-refractivity contribution in [1.29, 1.82) is 0 Å². The Kier molecular flexibility index (Phi) is 7.25. The predicted octanol–water partition coefficient (Wildman–Crippen LogP) is 4.00. The zero-order valence-electron chi connectivity index (χ0n) is 12.9. The SMILES string of the molecule is CCNC(CCCOC)C1(CC(C)C)CCCC1. The fourth-order valence-electron chi connectivity index (χ4n) is 3.89. The first-order valence-corrected chi connectivity index (χ1v) is 7.87. The van der Waals surface area contributed by atoms with E-state index in [-0.39, 0.29) is 0 Å². The summed E-state index contributed by atoms with van der Waals surface area (Å²) in [6.45, 7) is 8.98. The lowest BCUT2D eigenvalue weighted by Crippen LogP contribution is -2.44. The van der Waals surface area contributed by atoms with Crippen molar-refractivity contribution in [2.75, 3.05) is 20.3 Å². The molecule has 1 fully saturated rings. The molecule has 0 bridgehead atoms. The van der Waals surface area contributed by atoms with Crippen LogP contribution >= 0.6 is 0 Å². The van der Waals surface area contributed by atoms with E-state index in [0.717, 1.165) is 19.1 Å². The van der Waals surface area contributed by atoms with E-state index in [1.54, 1.807) is 0 Å². The van der Waals surface area contributed by atoms with Gasteiger partial charge in [-0.25, -0.2) is 0 Å². The molecule has 1 atom stereocenters. The molecular formula is C16H33NO. The summed E-state index contributed by atoms with van der Waals surface area (Å²) in [7, 11) is 1.81. The summed E-state index contributed by atoms with van der Waals surface area (Å²) in [4.78, 5) is 0. The third-order valence-electron chi connectivity index (χ3n) is 4.45. The van der Waals surface area contributed by atoms with E-state index in [2.05, 4.69) is 26.1 Å². The smallest absolute Gasteiger partial charge is 0.0462 e. The summed E-state index contributed by atoms with van der Waals surface area (Å²) in [6.07, 6.45) is 9.56. The molecule has 2 heteroatoms. The highest BCUT2D eigenvalue weighted by Gasteiger charge is 2.40. The molecule has 108 valence electrons. The molecule has 1 saturated carbocycles. The van der Waals surface area contributed by atoms with Crippen molar-refractivity contribution in [1.82, 2.24) is 5.32 Å². The fraction of sp³-hybridized carbons (Fsp3) is 1.00. The lowest BCUT2D eigenvalue weighted by atomic mass is 9.71. The summed E-state index contributed by atoms with van der Waals surface area (Å²) in [5.74, 6) is 0.812. The van der Waals surface area contributed by atoms with Crippen molar-refractivity contribution < 1.29 is 4.74 Å². The molecule has 0 amide bonds. The van der Waals surface area contributed by atoms with E-state index in [0.29, 0.717) is 11.5 Å². The van der Waals surface area contributed by atoms with Gasteiger partial charge in [-0.15, -0.1) is 0 Å². The minimum absolute atomic E-state index is 0.567. The van der Waals surface area contributed by atoms with Crippen molar-refractivity contribution in [2.45, 2.75) is 71.8 Å². The normalized spacial score (nSPS) is 20.5. The van der Waals surface area contributed by atoms with Gasteiger partial charge in [0.2, 0.25) is 0 Å². The average Bonchev–Trinajstić information content (AvgIpc) is 2.77. The van der Waals surface area contributed by atoms with Gasteiger partial charge in [0.05, 0.1) is 0 Å².